The summed E-state index contributed by atoms with van der Waals surface area (Å²) in [6.45, 7) is 6.02. The Labute approximate surface area is 107 Å². The number of halogens is 1. The van der Waals surface area contributed by atoms with E-state index in [2.05, 4.69) is 12.6 Å². The molecular formula is C13H18FNOS. The van der Waals surface area contributed by atoms with Gasteiger partial charge in [0.25, 0.3) is 5.91 Å². The molecule has 0 aliphatic rings. The summed E-state index contributed by atoms with van der Waals surface area (Å²) in [6.07, 6.45) is 0.851. The average molecular weight is 255 g/mol. The Balaban J connectivity index is 3.01. The van der Waals surface area contributed by atoms with Crippen molar-refractivity contribution in [3.63, 3.8) is 0 Å². The summed E-state index contributed by atoms with van der Waals surface area (Å²) in [5, 5.41) is 0. The van der Waals surface area contributed by atoms with Gasteiger partial charge in [0.15, 0.2) is 0 Å². The van der Waals surface area contributed by atoms with E-state index in [1.807, 2.05) is 20.8 Å². The van der Waals surface area contributed by atoms with E-state index in [1.165, 1.54) is 18.2 Å². The van der Waals surface area contributed by atoms with Crippen LogP contribution in [0.1, 0.15) is 37.6 Å². The van der Waals surface area contributed by atoms with Crippen molar-refractivity contribution in [1.29, 1.82) is 0 Å². The first-order chi connectivity index (χ1) is 7.79. The van der Waals surface area contributed by atoms with Gasteiger partial charge in [0.2, 0.25) is 0 Å². The van der Waals surface area contributed by atoms with Gasteiger partial charge >= 0.3 is 0 Å². The molecule has 1 rings (SSSR count). The first-order valence-electron chi connectivity index (χ1n) is 5.56. The molecule has 0 aliphatic heterocycles. The maximum atomic E-state index is 13.1. The van der Waals surface area contributed by atoms with Crippen molar-refractivity contribution in [1.82, 2.24) is 4.90 Å². The number of hydrogen-bond donors (Lipinski definition) is 1. The zero-order chi connectivity index (χ0) is 13.2. The Morgan fingerprint density at radius 1 is 1.47 bits per heavy atom. The number of thiol groups is 1. The highest BCUT2D eigenvalue weighted by Crippen LogP contribution is 2.21. The van der Waals surface area contributed by atoms with E-state index >= 15 is 0 Å². The van der Waals surface area contributed by atoms with E-state index in [0.29, 0.717) is 5.56 Å². The molecule has 0 bridgehead atoms. The van der Waals surface area contributed by atoms with Gasteiger partial charge in [-0.05, 0) is 38.5 Å². The van der Waals surface area contributed by atoms with E-state index in [0.717, 1.165) is 6.42 Å². The summed E-state index contributed by atoms with van der Waals surface area (Å²) in [5.74, 6) is -0.533. The molecule has 0 atom stereocenters. The fourth-order valence-corrected chi connectivity index (χ4v) is 1.57. The molecule has 94 valence electrons. The van der Waals surface area contributed by atoms with Gasteiger partial charge in [-0.2, -0.15) is 0 Å². The van der Waals surface area contributed by atoms with Crippen LogP contribution in [0.5, 0.6) is 0 Å². The van der Waals surface area contributed by atoms with Crippen molar-refractivity contribution in [2.45, 2.75) is 37.6 Å². The van der Waals surface area contributed by atoms with Gasteiger partial charge in [0, 0.05) is 23.0 Å². The molecule has 0 unspecified atom stereocenters. The maximum Gasteiger partial charge on any atom is 0.254 e. The maximum absolute atomic E-state index is 13.1. The number of hydrogen-bond acceptors (Lipinski definition) is 2. The summed E-state index contributed by atoms with van der Waals surface area (Å²) in [7, 11) is 1.76. The number of benzene rings is 1. The third-order valence-corrected chi connectivity index (χ3v) is 3.61. The summed E-state index contributed by atoms with van der Waals surface area (Å²) in [4.78, 5) is 14.1. The molecule has 0 aliphatic carbocycles. The molecule has 0 fully saturated rings. The second-order valence-electron chi connectivity index (χ2n) is 4.70. The van der Waals surface area contributed by atoms with Crippen molar-refractivity contribution >= 4 is 18.5 Å². The molecule has 0 aromatic heterocycles. The molecule has 0 saturated carbocycles. The molecule has 0 radical (unpaired) electrons. The lowest BCUT2D eigenvalue weighted by Gasteiger charge is -2.35. The molecule has 0 spiro atoms. The minimum absolute atomic E-state index is 0.118. The molecule has 1 aromatic carbocycles. The molecule has 0 heterocycles. The van der Waals surface area contributed by atoms with Crippen LogP contribution in [0.3, 0.4) is 0 Å². The Morgan fingerprint density at radius 3 is 2.53 bits per heavy atom. The van der Waals surface area contributed by atoms with E-state index in [1.54, 1.807) is 11.9 Å². The van der Waals surface area contributed by atoms with Crippen molar-refractivity contribution in [2.24, 2.45) is 0 Å². The van der Waals surface area contributed by atoms with E-state index in [-0.39, 0.29) is 16.3 Å². The minimum atomic E-state index is -0.415. The summed E-state index contributed by atoms with van der Waals surface area (Å²) >= 11 is 3.98. The molecule has 2 nitrogen and oxygen atoms in total. The van der Waals surface area contributed by atoms with Crippen LogP contribution >= 0.6 is 12.6 Å². The highest BCUT2D eigenvalue weighted by Gasteiger charge is 2.26. The number of amides is 1. The van der Waals surface area contributed by atoms with Crippen LogP contribution in [0.25, 0.3) is 0 Å². The predicted octanol–water partition coefficient (Wildman–Crippen LogP) is 3.38. The van der Waals surface area contributed by atoms with Crippen LogP contribution < -0.4 is 0 Å². The van der Waals surface area contributed by atoms with Gasteiger partial charge in [-0.1, -0.05) is 6.92 Å². The predicted molar refractivity (Wildman–Crippen MR) is 70.1 cm³/mol. The van der Waals surface area contributed by atoms with Crippen molar-refractivity contribution in [3.05, 3.63) is 29.6 Å². The second-order valence-corrected chi connectivity index (χ2v) is 5.18. The van der Waals surface area contributed by atoms with Gasteiger partial charge in [0.05, 0.1) is 0 Å². The quantitative estimate of drug-likeness (QED) is 0.821. The highest BCUT2D eigenvalue weighted by atomic mass is 32.1. The summed E-state index contributed by atoms with van der Waals surface area (Å²) in [5.41, 5.74) is 0.239. The van der Waals surface area contributed by atoms with Crippen LogP contribution in [0.2, 0.25) is 0 Å². The Morgan fingerprint density at radius 2 is 2.06 bits per heavy atom. The zero-order valence-electron chi connectivity index (χ0n) is 10.6. The third kappa shape index (κ3) is 3.00. The smallest absolute Gasteiger partial charge is 0.254 e. The van der Waals surface area contributed by atoms with Crippen molar-refractivity contribution < 1.29 is 9.18 Å². The average Bonchev–Trinajstić information content (AvgIpc) is 2.30. The van der Waals surface area contributed by atoms with Crippen molar-refractivity contribution in [2.75, 3.05) is 7.05 Å². The molecule has 17 heavy (non-hydrogen) atoms. The Kier molecular flexibility index (Phi) is 4.20. The van der Waals surface area contributed by atoms with Gasteiger partial charge < -0.3 is 4.90 Å². The monoisotopic (exact) mass is 255 g/mol. The fourth-order valence-electron chi connectivity index (χ4n) is 1.35. The molecule has 4 heteroatoms. The lowest BCUT2D eigenvalue weighted by Crippen LogP contribution is -2.44. The second kappa shape index (κ2) is 5.08. The molecule has 1 aromatic rings. The lowest BCUT2D eigenvalue weighted by molar-refractivity contribution is 0.0620. The van der Waals surface area contributed by atoms with E-state index in [9.17, 15) is 9.18 Å². The highest BCUT2D eigenvalue weighted by molar-refractivity contribution is 7.80. The standard InChI is InChI=1S/C13H18FNOS/c1-5-13(2,3)15(4)12(16)9-6-7-10(14)11(17)8-9/h6-8,17H,5H2,1-4H3. The Hall–Kier alpha value is -1.03. The molecule has 1 amide bonds. The van der Waals surface area contributed by atoms with Crippen LogP contribution in [-0.4, -0.2) is 23.4 Å². The minimum Gasteiger partial charge on any atom is -0.337 e. The van der Waals surface area contributed by atoms with Crippen LogP contribution in [0.4, 0.5) is 4.39 Å². The van der Waals surface area contributed by atoms with Crippen LogP contribution in [0.15, 0.2) is 23.1 Å². The SMILES string of the molecule is CCC(C)(C)N(C)C(=O)c1ccc(F)c(S)c1. The third-order valence-electron chi connectivity index (χ3n) is 3.27. The summed E-state index contributed by atoms with van der Waals surface area (Å²) < 4.78 is 13.1. The lowest BCUT2D eigenvalue weighted by atomic mass is 9.99. The number of rotatable bonds is 3. The van der Waals surface area contributed by atoms with Gasteiger partial charge in [-0.25, -0.2) is 4.39 Å². The normalized spacial score (nSPS) is 11.4. The first-order valence-corrected chi connectivity index (χ1v) is 6.01. The Bertz CT molecular complexity index is 431. The summed E-state index contributed by atoms with van der Waals surface area (Å²) in [6, 6.07) is 4.21. The molecular weight excluding hydrogens is 237 g/mol. The van der Waals surface area contributed by atoms with Crippen LogP contribution in [0, 0.1) is 5.82 Å². The fraction of sp³-hybridized carbons (Fsp3) is 0.462. The topological polar surface area (TPSA) is 20.3 Å². The number of carbonyl (C=O) groups is 1. The van der Waals surface area contributed by atoms with Crippen molar-refractivity contribution in [3.8, 4) is 0 Å². The number of carbonyl (C=O) groups excluding carboxylic acids is 1. The van der Waals surface area contributed by atoms with Gasteiger partial charge in [0.1, 0.15) is 5.82 Å². The largest absolute Gasteiger partial charge is 0.337 e. The molecule has 0 N–H and O–H groups in total. The first kappa shape index (κ1) is 14.0. The van der Waals surface area contributed by atoms with Crippen LogP contribution in [-0.2, 0) is 0 Å². The van der Waals surface area contributed by atoms with Gasteiger partial charge in [-0.15, -0.1) is 12.6 Å². The number of nitrogens with zero attached hydrogens (tertiary/aromatic N) is 1. The van der Waals surface area contributed by atoms with Gasteiger partial charge in [-0.3, -0.25) is 4.79 Å². The zero-order valence-corrected chi connectivity index (χ0v) is 11.5. The van der Waals surface area contributed by atoms with E-state index < -0.39 is 5.82 Å². The van der Waals surface area contributed by atoms with E-state index in [4.69, 9.17) is 0 Å². The molecule has 0 saturated heterocycles.